The zero-order valence-electron chi connectivity index (χ0n) is 10.1. The van der Waals surface area contributed by atoms with Crippen molar-refractivity contribution in [2.75, 3.05) is 7.11 Å². The van der Waals surface area contributed by atoms with Gasteiger partial charge >= 0.3 is 6.18 Å². The molecule has 5 heteroatoms. The minimum absolute atomic E-state index is 0.200. The molecule has 1 aromatic carbocycles. The molecule has 18 heavy (non-hydrogen) atoms. The fourth-order valence-corrected chi connectivity index (χ4v) is 1.97. The van der Waals surface area contributed by atoms with Gasteiger partial charge in [-0.2, -0.15) is 13.2 Å². The van der Waals surface area contributed by atoms with E-state index in [1.807, 2.05) is 0 Å². The van der Waals surface area contributed by atoms with Gasteiger partial charge in [0.1, 0.15) is 5.75 Å². The van der Waals surface area contributed by atoms with E-state index in [1.54, 1.807) is 6.07 Å². The highest BCUT2D eigenvalue weighted by Gasteiger charge is 2.32. The van der Waals surface area contributed by atoms with E-state index >= 15 is 0 Å². The van der Waals surface area contributed by atoms with Gasteiger partial charge in [-0.25, -0.2) is 0 Å². The molecule has 0 aliphatic heterocycles. The summed E-state index contributed by atoms with van der Waals surface area (Å²) < 4.78 is 43.1. The summed E-state index contributed by atoms with van der Waals surface area (Å²) in [6.45, 7) is 0. The van der Waals surface area contributed by atoms with E-state index in [2.05, 4.69) is 0 Å². The lowest BCUT2D eigenvalue weighted by molar-refractivity contribution is -0.137. The Kier molecular flexibility index (Phi) is 3.52. The van der Waals surface area contributed by atoms with Crippen molar-refractivity contribution in [3.63, 3.8) is 0 Å². The van der Waals surface area contributed by atoms with Gasteiger partial charge in [-0.15, -0.1) is 0 Å². The molecule has 0 aromatic heterocycles. The molecule has 0 saturated heterocycles. The van der Waals surface area contributed by atoms with Crippen molar-refractivity contribution in [1.82, 2.24) is 0 Å². The van der Waals surface area contributed by atoms with Crippen LogP contribution >= 0.6 is 0 Å². The van der Waals surface area contributed by atoms with Crippen molar-refractivity contribution >= 4 is 0 Å². The number of halogens is 3. The minimum Gasteiger partial charge on any atom is -0.497 e. The molecular formula is C13H16F3NO. The molecule has 1 saturated carbocycles. The van der Waals surface area contributed by atoms with Crippen LogP contribution in [0.3, 0.4) is 0 Å². The molecule has 1 aliphatic carbocycles. The minimum atomic E-state index is -4.37. The number of hydrogen-bond donors (Lipinski definition) is 1. The quantitative estimate of drug-likeness (QED) is 0.898. The van der Waals surface area contributed by atoms with Crippen molar-refractivity contribution in [2.24, 2.45) is 11.7 Å². The second kappa shape index (κ2) is 4.80. The zero-order chi connectivity index (χ0) is 13.3. The fourth-order valence-electron chi connectivity index (χ4n) is 1.97. The molecular weight excluding hydrogens is 243 g/mol. The Hall–Kier alpha value is -1.23. The number of methoxy groups -OCH3 is 1. The molecule has 0 radical (unpaired) electrons. The number of rotatable bonds is 4. The molecule has 2 N–H and O–H groups in total. The molecule has 0 spiro atoms. The van der Waals surface area contributed by atoms with Gasteiger partial charge in [-0.05, 0) is 36.1 Å². The summed E-state index contributed by atoms with van der Waals surface area (Å²) in [4.78, 5) is 0. The summed E-state index contributed by atoms with van der Waals surface area (Å²) >= 11 is 0. The molecule has 2 nitrogen and oxygen atoms in total. The molecule has 2 rings (SSSR count). The van der Waals surface area contributed by atoms with Crippen molar-refractivity contribution in [3.05, 3.63) is 29.3 Å². The van der Waals surface area contributed by atoms with Crippen LogP contribution in [0.25, 0.3) is 0 Å². The number of alkyl halides is 3. The van der Waals surface area contributed by atoms with Gasteiger partial charge in [-0.3, -0.25) is 0 Å². The van der Waals surface area contributed by atoms with E-state index in [1.165, 1.54) is 7.11 Å². The molecule has 1 aromatic rings. The highest BCUT2D eigenvalue weighted by molar-refractivity contribution is 5.37. The first-order valence-corrected chi connectivity index (χ1v) is 5.92. The summed E-state index contributed by atoms with van der Waals surface area (Å²) in [5, 5.41) is 0. The summed E-state index contributed by atoms with van der Waals surface area (Å²) in [6, 6.07) is 3.35. The molecule has 0 heterocycles. The summed E-state index contributed by atoms with van der Waals surface area (Å²) in [5.74, 6) is 0.770. The van der Waals surface area contributed by atoms with Crippen molar-refractivity contribution in [1.29, 1.82) is 0 Å². The first kappa shape index (κ1) is 13.2. The largest absolute Gasteiger partial charge is 0.497 e. The smallest absolute Gasteiger partial charge is 0.416 e. The molecule has 0 bridgehead atoms. The Balaban J connectivity index is 2.27. The molecule has 1 fully saturated rings. The van der Waals surface area contributed by atoms with E-state index in [0.717, 1.165) is 31.4 Å². The van der Waals surface area contributed by atoms with Crippen LogP contribution in [0.4, 0.5) is 13.2 Å². The third-order valence-corrected chi connectivity index (χ3v) is 3.20. The topological polar surface area (TPSA) is 35.2 Å². The van der Waals surface area contributed by atoms with Gasteiger partial charge in [0.15, 0.2) is 0 Å². The second-order valence-electron chi connectivity index (χ2n) is 4.78. The van der Waals surface area contributed by atoms with Gasteiger partial charge in [-0.1, -0.05) is 12.8 Å². The molecule has 0 amide bonds. The SMILES string of the molecule is COc1cc([C@@H](N)CC2CC2)cc(C(F)(F)F)c1. The number of hydrogen-bond acceptors (Lipinski definition) is 2. The van der Waals surface area contributed by atoms with Crippen LogP contribution in [-0.4, -0.2) is 7.11 Å². The van der Waals surface area contributed by atoms with Gasteiger partial charge in [0.25, 0.3) is 0 Å². The van der Waals surface area contributed by atoms with Crippen LogP contribution in [0, 0.1) is 5.92 Å². The van der Waals surface area contributed by atoms with Gasteiger partial charge in [0, 0.05) is 6.04 Å². The van der Waals surface area contributed by atoms with Crippen LogP contribution < -0.4 is 10.5 Å². The summed E-state index contributed by atoms with van der Waals surface area (Å²) in [6.07, 6.45) is -1.37. The Morgan fingerprint density at radius 1 is 1.33 bits per heavy atom. The Labute approximate surface area is 104 Å². The summed E-state index contributed by atoms with van der Waals surface area (Å²) in [5.41, 5.74) is 5.74. The van der Waals surface area contributed by atoms with Crippen LogP contribution in [-0.2, 0) is 6.18 Å². The lowest BCUT2D eigenvalue weighted by Gasteiger charge is -2.16. The number of ether oxygens (including phenoxy) is 1. The lowest BCUT2D eigenvalue weighted by Crippen LogP contribution is -2.13. The molecule has 1 atom stereocenters. The van der Waals surface area contributed by atoms with Crippen LogP contribution in [0.15, 0.2) is 18.2 Å². The maximum Gasteiger partial charge on any atom is 0.416 e. The normalized spacial score (nSPS) is 17.6. The Morgan fingerprint density at radius 2 is 2.00 bits per heavy atom. The standard InChI is InChI=1S/C13H16F3NO/c1-18-11-6-9(12(17)4-8-2-3-8)5-10(7-11)13(14,15)16/h5-8,12H,2-4,17H2,1H3/t12-/m0/s1. The zero-order valence-corrected chi connectivity index (χ0v) is 10.1. The van der Waals surface area contributed by atoms with Crippen LogP contribution in [0.1, 0.15) is 36.4 Å². The molecule has 1 aliphatic rings. The Morgan fingerprint density at radius 3 is 2.50 bits per heavy atom. The second-order valence-corrected chi connectivity index (χ2v) is 4.78. The first-order valence-electron chi connectivity index (χ1n) is 5.92. The van der Waals surface area contributed by atoms with Crippen LogP contribution in [0.5, 0.6) is 5.75 Å². The van der Waals surface area contributed by atoms with E-state index in [-0.39, 0.29) is 11.8 Å². The van der Waals surface area contributed by atoms with Crippen molar-refractivity contribution < 1.29 is 17.9 Å². The van der Waals surface area contributed by atoms with E-state index in [9.17, 15) is 13.2 Å². The van der Waals surface area contributed by atoms with E-state index in [0.29, 0.717) is 11.5 Å². The third-order valence-electron chi connectivity index (χ3n) is 3.20. The summed E-state index contributed by atoms with van der Waals surface area (Å²) in [7, 11) is 1.35. The van der Waals surface area contributed by atoms with E-state index < -0.39 is 11.7 Å². The van der Waals surface area contributed by atoms with E-state index in [4.69, 9.17) is 10.5 Å². The van der Waals surface area contributed by atoms with Crippen molar-refractivity contribution in [2.45, 2.75) is 31.5 Å². The fraction of sp³-hybridized carbons (Fsp3) is 0.538. The van der Waals surface area contributed by atoms with Crippen LogP contribution in [0.2, 0.25) is 0 Å². The number of benzene rings is 1. The molecule has 0 unspecified atom stereocenters. The lowest BCUT2D eigenvalue weighted by atomic mass is 9.99. The highest BCUT2D eigenvalue weighted by atomic mass is 19.4. The maximum absolute atomic E-state index is 12.7. The average molecular weight is 259 g/mol. The third kappa shape index (κ3) is 3.16. The predicted molar refractivity (Wildman–Crippen MR) is 62.3 cm³/mol. The Bertz CT molecular complexity index is 427. The molecule has 100 valence electrons. The van der Waals surface area contributed by atoms with Gasteiger partial charge in [0.05, 0.1) is 12.7 Å². The van der Waals surface area contributed by atoms with Gasteiger partial charge < -0.3 is 10.5 Å². The number of nitrogens with two attached hydrogens (primary N) is 1. The monoisotopic (exact) mass is 259 g/mol. The predicted octanol–water partition coefficient (Wildman–Crippen LogP) is 3.51. The van der Waals surface area contributed by atoms with Crippen molar-refractivity contribution in [3.8, 4) is 5.75 Å². The first-order chi connectivity index (χ1) is 8.40. The highest BCUT2D eigenvalue weighted by Crippen LogP contribution is 2.39. The average Bonchev–Trinajstić information content (AvgIpc) is 3.11. The maximum atomic E-state index is 12.7. The van der Waals surface area contributed by atoms with Gasteiger partial charge in [0.2, 0.25) is 0 Å².